The van der Waals surface area contributed by atoms with Crippen LogP contribution in [-0.2, 0) is 4.79 Å². The number of nitrogens with two attached hydrogens (primary N) is 1. The summed E-state index contributed by atoms with van der Waals surface area (Å²) in [5.41, 5.74) is 5.68. The molecule has 0 aliphatic carbocycles. The van der Waals surface area contributed by atoms with Crippen LogP contribution >= 0.6 is 24.0 Å². The first-order chi connectivity index (χ1) is 8.28. The van der Waals surface area contributed by atoms with Crippen molar-refractivity contribution >= 4 is 35.8 Å². The Kier molecular flexibility index (Phi) is 7.69. The molecule has 1 aliphatic heterocycles. The molecular formula is C13H27IN4O. The third-order valence-corrected chi connectivity index (χ3v) is 3.01. The predicted molar refractivity (Wildman–Crippen MR) is 89.8 cm³/mol. The Balaban J connectivity index is 0.00000324. The molecule has 1 rings (SSSR count). The fourth-order valence-corrected chi connectivity index (χ4v) is 1.95. The van der Waals surface area contributed by atoms with E-state index in [2.05, 4.69) is 22.1 Å². The van der Waals surface area contributed by atoms with Gasteiger partial charge in [-0.05, 0) is 39.5 Å². The number of likely N-dealkylation sites (tertiary alicyclic amines) is 1. The van der Waals surface area contributed by atoms with E-state index in [4.69, 9.17) is 5.73 Å². The average Bonchev–Trinajstić information content (AvgIpc) is 2.24. The highest BCUT2D eigenvalue weighted by Crippen LogP contribution is 2.15. The molecule has 1 heterocycles. The van der Waals surface area contributed by atoms with Crippen molar-refractivity contribution in [2.75, 3.05) is 19.6 Å². The largest absolute Gasteiger partial charge is 0.370 e. The fraction of sp³-hybridized carbons (Fsp3) is 0.846. The third-order valence-electron chi connectivity index (χ3n) is 3.01. The number of rotatable bonds is 2. The number of amides is 1. The van der Waals surface area contributed by atoms with Crippen LogP contribution < -0.4 is 11.1 Å². The van der Waals surface area contributed by atoms with Crippen molar-refractivity contribution in [1.29, 1.82) is 0 Å². The van der Waals surface area contributed by atoms with Crippen molar-refractivity contribution in [3.05, 3.63) is 0 Å². The standard InChI is InChI=1S/C13H26N4O.HI/c1-10-5-7-17(8-6-10)12(14)15-9-11(18)16-13(2,3)4;/h10H,5-9H2,1-4H3,(H2,14,15)(H,16,18);1H. The van der Waals surface area contributed by atoms with Gasteiger partial charge < -0.3 is 16.0 Å². The molecule has 0 aromatic heterocycles. The molecule has 0 atom stereocenters. The van der Waals surface area contributed by atoms with Gasteiger partial charge in [0.05, 0.1) is 0 Å². The minimum Gasteiger partial charge on any atom is -0.370 e. The van der Waals surface area contributed by atoms with Gasteiger partial charge in [0.15, 0.2) is 5.96 Å². The van der Waals surface area contributed by atoms with E-state index in [1.165, 1.54) is 0 Å². The molecule has 3 N–H and O–H groups in total. The number of nitrogens with zero attached hydrogens (tertiary/aromatic N) is 2. The monoisotopic (exact) mass is 382 g/mol. The summed E-state index contributed by atoms with van der Waals surface area (Å²) in [5.74, 6) is 1.17. The van der Waals surface area contributed by atoms with Crippen LogP contribution in [0.25, 0.3) is 0 Å². The number of hydrogen-bond acceptors (Lipinski definition) is 2. The van der Waals surface area contributed by atoms with Crippen LogP contribution in [0.15, 0.2) is 4.99 Å². The molecule has 1 saturated heterocycles. The summed E-state index contributed by atoms with van der Waals surface area (Å²) in [6.07, 6.45) is 2.29. The van der Waals surface area contributed by atoms with Gasteiger partial charge in [0.25, 0.3) is 0 Å². The summed E-state index contributed by atoms with van der Waals surface area (Å²) in [5, 5.41) is 2.86. The third kappa shape index (κ3) is 7.59. The number of guanidine groups is 1. The Bertz CT molecular complexity index is 317. The highest BCUT2D eigenvalue weighted by atomic mass is 127. The Morgan fingerprint density at radius 2 is 1.89 bits per heavy atom. The van der Waals surface area contributed by atoms with Gasteiger partial charge in [-0.25, -0.2) is 4.99 Å². The zero-order chi connectivity index (χ0) is 13.8. The Morgan fingerprint density at radius 1 is 1.37 bits per heavy atom. The maximum absolute atomic E-state index is 11.6. The normalized spacial score (nSPS) is 17.9. The Labute approximate surface area is 133 Å². The highest BCUT2D eigenvalue weighted by molar-refractivity contribution is 14.0. The smallest absolute Gasteiger partial charge is 0.242 e. The Hall–Kier alpha value is -0.530. The van der Waals surface area contributed by atoms with Crippen molar-refractivity contribution in [3.63, 3.8) is 0 Å². The molecule has 1 amide bonds. The number of halogens is 1. The van der Waals surface area contributed by atoms with E-state index >= 15 is 0 Å². The Morgan fingerprint density at radius 3 is 2.37 bits per heavy atom. The lowest BCUT2D eigenvalue weighted by Gasteiger charge is -2.31. The highest BCUT2D eigenvalue weighted by Gasteiger charge is 2.18. The summed E-state index contributed by atoms with van der Waals surface area (Å²) in [6.45, 7) is 10.1. The van der Waals surface area contributed by atoms with E-state index in [0.29, 0.717) is 5.96 Å². The molecule has 1 aliphatic rings. The van der Waals surface area contributed by atoms with Gasteiger partial charge in [0, 0.05) is 18.6 Å². The number of carbonyl (C=O) groups excluding carboxylic acids is 1. The summed E-state index contributed by atoms with van der Waals surface area (Å²) >= 11 is 0. The van der Waals surface area contributed by atoms with Crippen LogP contribution in [0.1, 0.15) is 40.5 Å². The van der Waals surface area contributed by atoms with Gasteiger partial charge in [-0.1, -0.05) is 6.92 Å². The minimum atomic E-state index is -0.220. The van der Waals surface area contributed by atoms with E-state index in [1.54, 1.807) is 0 Å². The van der Waals surface area contributed by atoms with E-state index < -0.39 is 0 Å². The molecule has 0 saturated carbocycles. The SMILES string of the molecule is CC1CCN(C(N)=NCC(=O)NC(C)(C)C)CC1.I. The molecule has 0 bridgehead atoms. The zero-order valence-electron chi connectivity index (χ0n) is 12.4. The molecule has 0 unspecified atom stereocenters. The van der Waals surface area contributed by atoms with Crippen molar-refractivity contribution < 1.29 is 4.79 Å². The molecule has 5 nitrogen and oxygen atoms in total. The lowest BCUT2D eigenvalue weighted by atomic mass is 10.00. The first-order valence-corrected chi connectivity index (χ1v) is 6.64. The number of carbonyl (C=O) groups is 1. The number of aliphatic imine (C=N–C) groups is 1. The summed E-state index contributed by atoms with van der Waals surface area (Å²) in [6, 6.07) is 0. The number of hydrogen-bond donors (Lipinski definition) is 2. The van der Waals surface area contributed by atoms with Crippen LogP contribution in [0.4, 0.5) is 0 Å². The topological polar surface area (TPSA) is 70.7 Å². The van der Waals surface area contributed by atoms with Crippen molar-refractivity contribution in [1.82, 2.24) is 10.2 Å². The second-order valence-electron chi connectivity index (χ2n) is 6.14. The first kappa shape index (κ1) is 18.5. The van der Waals surface area contributed by atoms with Crippen LogP contribution in [-0.4, -0.2) is 41.9 Å². The molecule has 1 fully saturated rings. The maximum Gasteiger partial charge on any atom is 0.242 e. The second-order valence-corrected chi connectivity index (χ2v) is 6.14. The average molecular weight is 382 g/mol. The first-order valence-electron chi connectivity index (χ1n) is 6.64. The summed E-state index contributed by atoms with van der Waals surface area (Å²) < 4.78 is 0. The van der Waals surface area contributed by atoms with Crippen molar-refractivity contribution in [2.24, 2.45) is 16.6 Å². The van der Waals surface area contributed by atoms with Gasteiger partial charge in [-0.15, -0.1) is 24.0 Å². The molecule has 112 valence electrons. The maximum atomic E-state index is 11.6. The van der Waals surface area contributed by atoms with Crippen LogP contribution in [0, 0.1) is 5.92 Å². The quantitative estimate of drug-likeness (QED) is 0.433. The summed E-state index contributed by atoms with van der Waals surface area (Å²) in [4.78, 5) is 17.8. The van der Waals surface area contributed by atoms with Gasteiger partial charge in [0.2, 0.25) is 5.91 Å². The fourth-order valence-electron chi connectivity index (χ4n) is 1.95. The minimum absolute atomic E-state index is 0. The molecule has 0 aromatic carbocycles. The van der Waals surface area contributed by atoms with E-state index in [0.717, 1.165) is 31.8 Å². The zero-order valence-corrected chi connectivity index (χ0v) is 14.7. The molecule has 0 aromatic rings. The lowest BCUT2D eigenvalue weighted by Crippen LogP contribution is -2.44. The summed E-state index contributed by atoms with van der Waals surface area (Å²) in [7, 11) is 0. The van der Waals surface area contributed by atoms with Crippen LogP contribution in [0.3, 0.4) is 0 Å². The van der Waals surface area contributed by atoms with Crippen molar-refractivity contribution in [2.45, 2.75) is 46.1 Å². The molecule has 0 radical (unpaired) electrons. The van der Waals surface area contributed by atoms with Gasteiger partial charge in [0.1, 0.15) is 6.54 Å². The number of piperidine rings is 1. The van der Waals surface area contributed by atoms with Gasteiger partial charge >= 0.3 is 0 Å². The predicted octanol–water partition coefficient (Wildman–Crippen LogP) is 1.57. The molecular weight excluding hydrogens is 355 g/mol. The van der Waals surface area contributed by atoms with Gasteiger partial charge in [-0.3, -0.25) is 4.79 Å². The number of nitrogens with one attached hydrogen (secondary N) is 1. The van der Waals surface area contributed by atoms with E-state index in [1.807, 2.05) is 20.8 Å². The molecule has 19 heavy (non-hydrogen) atoms. The van der Waals surface area contributed by atoms with Gasteiger partial charge in [-0.2, -0.15) is 0 Å². The molecule has 0 spiro atoms. The van der Waals surface area contributed by atoms with Crippen LogP contribution in [0.5, 0.6) is 0 Å². The lowest BCUT2D eigenvalue weighted by molar-refractivity contribution is -0.121. The van der Waals surface area contributed by atoms with Crippen LogP contribution in [0.2, 0.25) is 0 Å². The van der Waals surface area contributed by atoms with E-state index in [9.17, 15) is 4.79 Å². The molecule has 6 heteroatoms. The second kappa shape index (κ2) is 7.91. The van der Waals surface area contributed by atoms with Crippen molar-refractivity contribution in [3.8, 4) is 0 Å². The van der Waals surface area contributed by atoms with E-state index in [-0.39, 0.29) is 42.0 Å².